The Morgan fingerprint density at radius 3 is 2.56 bits per heavy atom. The Bertz CT molecular complexity index is 1400. The molecule has 0 atom stereocenters. The van der Waals surface area contributed by atoms with Gasteiger partial charge in [-0.25, -0.2) is 4.98 Å². The van der Waals surface area contributed by atoms with E-state index >= 15 is 0 Å². The van der Waals surface area contributed by atoms with Gasteiger partial charge < -0.3 is 9.47 Å². The second-order valence-electron chi connectivity index (χ2n) is 7.49. The van der Waals surface area contributed by atoms with E-state index in [2.05, 4.69) is 10.3 Å². The average Bonchev–Trinajstić information content (AvgIpc) is 3.35. The highest BCUT2D eigenvalue weighted by molar-refractivity contribution is 7.14. The Morgan fingerprint density at radius 1 is 1.11 bits per heavy atom. The number of hydrogen-bond acceptors (Lipinski definition) is 7. The average molecular weight is 522 g/mol. The van der Waals surface area contributed by atoms with Gasteiger partial charge in [-0.1, -0.05) is 29.8 Å². The molecule has 182 valence electrons. The number of nitrogens with one attached hydrogen (secondary N) is 1. The number of halogens is 1. The lowest BCUT2D eigenvalue weighted by Crippen LogP contribution is -2.07. The van der Waals surface area contributed by atoms with Crippen molar-refractivity contribution in [3.05, 3.63) is 104 Å². The molecular weight excluding hydrogens is 502 g/mol. The molecule has 4 aromatic rings. The topological polar surface area (TPSA) is 104 Å². The Kier molecular flexibility index (Phi) is 7.94. The maximum Gasteiger partial charge on any atom is 0.269 e. The molecule has 1 N–H and O–H groups in total. The highest BCUT2D eigenvalue weighted by Gasteiger charge is 2.10. The Hall–Kier alpha value is -4.21. The third-order valence-electron chi connectivity index (χ3n) is 5.03. The molecule has 1 heterocycles. The molecular formula is C26H20ClN3O5S. The molecule has 0 saturated carbocycles. The summed E-state index contributed by atoms with van der Waals surface area (Å²) in [6, 6.07) is 18.8. The molecule has 8 nitrogen and oxygen atoms in total. The van der Waals surface area contributed by atoms with E-state index in [1.807, 2.05) is 18.2 Å². The molecule has 36 heavy (non-hydrogen) atoms. The zero-order valence-corrected chi connectivity index (χ0v) is 20.6. The van der Waals surface area contributed by atoms with Crippen LogP contribution < -0.4 is 14.8 Å². The van der Waals surface area contributed by atoms with Gasteiger partial charge in [0.1, 0.15) is 6.61 Å². The van der Waals surface area contributed by atoms with Crippen LogP contribution >= 0.6 is 22.9 Å². The van der Waals surface area contributed by atoms with Crippen LogP contribution in [0.25, 0.3) is 17.3 Å². The Morgan fingerprint density at radius 2 is 1.86 bits per heavy atom. The summed E-state index contributed by atoms with van der Waals surface area (Å²) in [5.74, 6) is 0.774. The van der Waals surface area contributed by atoms with Crippen LogP contribution in [0.1, 0.15) is 11.1 Å². The van der Waals surface area contributed by atoms with Crippen LogP contribution in [0, 0.1) is 10.1 Å². The van der Waals surface area contributed by atoms with Crippen molar-refractivity contribution in [3.8, 4) is 22.8 Å². The fraction of sp³-hybridized carbons (Fsp3) is 0.0769. The van der Waals surface area contributed by atoms with Crippen molar-refractivity contribution in [3.63, 3.8) is 0 Å². The van der Waals surface area contributed by atoms with Crippen molar-refractivity contribution < 1.29 is 19.2 Å². The van der Waals surface area contributed by atoms with Gasteiger partial charge in [-0.2, -0.15) is 0 Å². The number of hydrogen-bond donors (Lipinski definition) is 1. The van der Waals surface area contributed by atoms with Crippen molar-refractivity contribution in [1.29, 1.82) is 0 Å². The number of carbonyl (C=O) groups is 1. The predicted octanol–water partition coefficient (Wildman–Crippen LogP) is 6.61. The van der Waals surface area contributed by atoms with E-state index in [1.54, 1.807) is 55.0 Å². The Balaban J connectivity index is 1.36. The third-order valence-corrected chi connectivity index (χ3v) is 6.04. The van der Waals surface area contributed by atoms with Crippen molar-refractivity contribution in [2.24, 2.45) is 0 Å². The number of ether oxygens (including phenoxy) is 2. The molecule has 0 fully saturated rings. The van der Waals surface area contributed by atoms with Crippen LogP contribution in [0.15, 0.2) is 78.2 Å². The summed E-state index contributed by atoms with van der Waals surface area (Å²) in [6.07, 6.45) is 3.06. The lowest BCUT2D eigenvalue weighted by atomic mass is 10.1. The second kappa shape index (κ2) is 11.5. The summed E-state index contributed by atoms with van der Waals surface area (Å²) >= 11 is 7.18. The minimum absolute atomic E-state index is 0.00502. The van der Waals surface area contributed by atoms with Crippen LogP contribution in [-0.4, -0.2) is 22.9 Å². The van der Waals surface area contributed by atoms with Crippen molar-refractivity contribution in [2.75, 3.05) is 12.4 Å². The van der Waals surface area contributed by atoms with Crippen LogP contribution in [0.2, 0.25) is 5.02 Å². The summed E-state index contributed by atoms with van der Waals surface area (Å²) in [6.45, 7) is 0.362. The van der Waals surface area contributed by atoms with Crippen LogP contribution in [-0.2, 0) is 11.4 Å². The molecule has 0 saturated heterocycles. The number of anilines is 1. The first-order chi connectivity index (χ1) is 17.4. The normalized spacial score (nSPS) is 10.8. The number of thiazole rings is 1. The minimum atomic E-state index is -0.458. The van der Waals surface area contributed by atoms with Gasteiger partial charge in [-0.15, -0.1) is 11.3 Å². The summed E-state index contributed by atoms with van der Waals surface area (Å²) in [5.41, 5.74) is 3.07. The number of methoxy groups -OCH3 is 1. The first-order valence-corrected chi connectivity index (χ1v) is 11.9. The fourth-order valence-electron chi connectivity index (χ4n) is 3.19. The smallest absolute Gasteiger partial charge is 0.269 e. The number of aromatic nitrogens is 1. The van der Waals surface area contributed by atoms with Crippen molar-refractivity contribution >= 4 is 45.7 Å². The number of carbonyl (C=O) groups excluding carboxylic acids is 1. The van der Waals surface area contributed by atoms with E-state index in [1.165, 1.54) is 29.5 Å². The van der Waals surface area contributed by atoms with E-state index < -0.39 is 4.92 Å². The molecule has 0 aliphatic rings. The quantitative estimate of drug-likeness (QED) is 0.151. The summed E-state index contributed by atoms with van der Waals surface area (Å²) < 4.78 is 11.3. The van der Waals surface area contributed by atoms with Crippen molar-refractivity contribution in [1.82, 2.24) is 4.98 Å². The molecule has 3 aromatic carbocycles. The number of nitro benzene ring substituents is 1. The number of non-ortho nitro benzene ring substituents is 1. The molecule has 0 unspecified atom stereocenters. The fourth-order valence-corrected chi connectivity index (χ4v) is 4.03. The number of rotatable bonds is 9. The number of benzene rings is 3. The summed E-state index contributed by atoms with van der Waals surface area (Å²) in [4.78, 5) is 27.1. The zero-order valence-electron chi connectivity index (χ0n) is 19.0. The van der Waals surface area contributed by atoms with Gasteiger partial charge in [0.05, 0.1) is 17.7 Å². The lowest BCUT2D eigenvalue weighted by Gasteiger charge is -2.11. The van der Waals surface area contributed by atoms with E-state index in [0.717, 1.165) is 16.7 Å². The Labute approximate surface area is 215 Å². The molecule has 1 amide bonds. The standard InChI is InChI=1S/C26H20ClN3O5S/c1-34-24-14-17(4-12-23(24)35-15-18-2-8-20(27)9-3-18)5-13-25(31)29-26-28-22(16-36-26)19-6-10-21(11-7-19)30(32)33/h2-14,16H,15H2,1H3,(H,28,29,31)/b13-5+. The number of amides is 1. The monoisotopic (exact) mass is 521 g/mol. The van der Waals surface area contributed by atoms with E-state index in [-0.39, 0.29) is 11.6 Å². The molecule has 0 bridgehead atoms. The maximum absolute atomic E-state index is 12.4. The zero-order chi connectivity index (χ0) is 25.5. The summed E-state index contributed by atoms with van der Waals surface area (Å²) in [5, 5.41) is 16.4. The van der Waals surface area contributed by atoms with Gasteiger partial charge in [0, 0.05) is 34.2 Å². The maximum atomic E-state index is 12.4. The van der Waals surface area contributed by atoms with Gasteiger partial charge in [0.2, 0.25) is 5.91 Å². The van der Waals surface area contributed by atoms with Crippen LogP contribution in [0.4, 0.5) is 10.8 Å². The van der Waals surface area contributed by atoms with Crippen molar-refractivity contribution in [2.45, 2.75) is 6.61 Å². The first-order valence-electron chi connectivity index (χ1n) is 10.7. The molecule has 10 heteroatoms. The SMILES string of the molecule is COc1cc(/C=C/C(=O)Nc2nc(-c3ccc([N+](=O)[O-])cc3)cs2)ccc1OCc1ccc(Cl)cc1. The van der Waals surface area contributed by atoms with E-state index in [0.29, 0.717) is 34.0 Å². The van der Waals surface area contributed by atoms with Gasteiger partial charge >= 0.3 is 0 Å². The minimum Gasteiger partial charge on any atom is -0.493 e. The first kappa shape index (κ1) is 24.9. The van der Waals surface area contributed by atoms with Gasteiger partial charge in [0.25, 0.3) is 5.69 Å². The molecule has 0 aliphatic heterocycles. The largest absolute Gasteiger partial charge is 0.493 e. The highest BCUT2D eigenvalue weighted by atomic mass is 35.5. The highest BCUT2D eigenvalue weighted by Crippen LogP contribution is 2.30. The van der Waals surface area contributed by atoms with Gasteiger partial charge in [-0.05, 0) is 53.6 Å². The number of nitro groups is 1. The van der Waals surface area contributed by atoms with Crippen LogP contribution in [0.3, 0.4) is 0 Å². The predicted molar refractivity (Wildman–Crippen MR) is 141 cm³/mol. The van der Waals surface area contributed by atoms with E-state index in [4.69, 9.17) is 21.1 Å². The molecule has 0 spiro atoms. The molecule has 1 aromatic heterocycles. The van der Waals surface area contributed by atoms with Crippen LogP contribution in [0.5, 0.6) is 11.5 Å². The van der Waals surface area contributed by atoms with E-state index in [9.17, 15) is 14.9 Å². The molecule has 0 aliphatic carbocycles. The molecule has 0 radical (unpaired) electrons. The molecule has 4 rings (SSSR count). The second-order valence-corrected chi connectivity index (χ2v) is 8.78. The third kappa shape index (κ3) is 6.47. The van der Waals surface area contributed by atoms with Gasteiger partial charge in [-0.3, -0.25) is 20.2 Å². The van der Waals surface area contributed by atoms with Gasteiger partial charge in [0.15, 0.2) is 16.6 Å². The lowest BCUT2D eigenvalue weighted by molar-refractivity contribution is -0.384. The summed E-state index contributed by atoms with van der Waals surface area (Å²) in [7, 11) is 1.55. The number of nitrogens with zero attached hydrogens (tertiary/aromatic N) is 2.